The van der Waals surface area contributed by atoms with E-state index in [2.05, 4.69) is 324 Å². The van der Waals surface area contributed by atoms with E-state index in [1.54, 1.807) is 4.57 Å². The highest BCUT2D eigenvalue weighted by atomic mass is 15.2. The van der Waals surface area contributed by atoms with Crippen LogP contribution in [-0.2, 0) is 16.2 Å². The average molecular weight is 1350 g/mol. The third-order valence-corrected chi connectivity index (χ3v) is 21.7. The third kappa shape index (κ3) is 9.69. The largest absolute Gasteiger partial charge is 0.310 e. The van der Waals surface area contributed by atoms with E-state index in [0.717, 1.165) is 133 Å². The van der Waals surface area contributed by atoms with Crippen molar-refractivity contribution in [2.75, 3.05) is 9.80 Å². The first-order valence-electron chi connectivity index (χ1n) is 39.8. The molecule has 14 aromatic carbocycles. The number of hydrogen-bond acceptors (Lipinski definition) is 3. The van der Waals surface area contributed by atoms with Crippen LogP contribution in [0, 0.1) is 11.3 Å². The average Bonchev–Trinajstić information content (AvgIpc) is 1.02. The van der Waals surface area contributed by atoms with Crippen molar-refractivity contribution in [1.29, 1.82) is 5.26 Å². The fraction of sp³-hybridized carbons (Fsp3) is 0.124. The summed E-state index contributed by atoms with van der Waals surface area (Å²) in [6, 6.07) is 89.9. The predicted molar refractivity (Wildman–Crippen MR) is 441 cm³/mol. The molecule has 0 bridgehead atoms. The van der Waals surface area contributed by atoms with E-state index in [4.69, 9.17) is 2.74 Å². The standard InChI is InChI=1S/C97H77BN6/c1-95(2,3)65-51-64(52-66(54-65)96(4,5)6)63-47-49-79-89(53-63)103(88-46-28-45-87(78(88)60-99)102-85-43-26-20-37-74(85)75-38-21-27-44-86(75)102)91-58-69(101-83-41-24-18-35-72(83)73-36-19-25-42-84(73)101)59-92-93(91)98(79)80-50-48-68(100-81-39-22-16-33-70(81)71-34-17-23-40-82(71)100)57-90(80)104(92)94-76(61-29-12-10-13-30-61)55-67(97(7,8)9)56-77(94)62-31-14-11-15-32-62/h10-59H,1-9H3/i16D,17D,22D,23D,33D,34D,39D,40D. The molecule has 5 heterocycles. The summed E-state index contributed by atoms with van der Waals surface area (Å²) in [4.78, 5) is 4.78. The summed E-state index contributed by atoms with van der Waals surface area (Å²) in [5.41, 5.74) is 22.2. The molecule has 498 valence electrons. The molecule has 104 heavy (non-hydrogen) atoms. The van der Waals surface area contributed by atoms with E-state index in [9.17, 15) is 13.5 Å². The maximum atomic E-state index is 12.6. The number of aromatic nitrogens is 3. The van der Waals surface area contributed by atoms with Crippen molar-refractivity contribution in [3.63, 3.8) is 0 Å². The lowest BCUT2D eigenvalue weighted by atomic mass is 9.33. The van der Waals surface area contributed by atoms with Crippen LogP contribution in [0.5, 0.6) is 0 Å². The lowest BCUT2D eigenvalue weighted by molar-refractivity contribution is 0.569. The minimum Gasteiger partial charge on any atom is -0.310 e. The van der Waals surface area contributed by atoms with Gasteiger partial charge in [-0.1, -0.05) is 274 Å². The number of rotatable bonds is 8. The fourth-order valence-electron chi connectivity index (χ4n) is 16.6. The van der Waals surface area contributed by atoms with Gasteiger partial charge >= 0.3 is 0 Å². The van der Waals surface area contributed by atoms with Crippen LogP contribution in [0.4, 0.5) is 34.1 Å². The van der Waals surface area contributed by atoms with Crippen LogP contribution in [0.3, 0.4) is 0 Å². The Morgan fingerprint density at radius 2 is 0.740 bits per heavy atom. The van der Waals surface area contributed by atoms with Crippen LogP contribution in [0.15, 0.2) is 303 Å². The highest BCUT2D eigenvalue weighted by Gasteiger charge is 2.46. The van der Waals surface area contributed by atoms with Crippen LogP contribution in [0.1, 0.15) is 95.5 Å². The van der Waals surface area contributed by atoms with Gasteiger partial charge < -0.3 is 23.5 Å². The summed E-state index contributed by atoms with van der Waals surface area (Å²) in [5, 5.41) is 16.8. The molecule has 0 saturated heterocycles. The van der Waals surface area contributed by atoms with Gasteiger partial charge in [0.25, 0.3) is 6.71 Å². The summed E-state index contributed by atoms with van der Waals surface area (Å²) in [5.74, 6) is 0. The lowest BCUT2D eigenvalue weighted by Gasteiger charge is -2.45. The normalized spacial score (nSPS) is 14.1. The van der Waals surface area contributed by atoms with E-state index in [1.807, 2.05) is 18.2 Å². The van der Waals surface area contributed by atoms with Gasteiger partial charge in [-0.2, -0.15) is 5.26 Å². The van der Waals surface area contributed by atoms with Crippen LogP contribution < -0.4 is 26.2 Å². The molecule has 0 aliphatic carbocycles. The van der Waals surface area contributed by atoms with Crippen molar-refractivity contribution >= 4 is 123 Å². The van der Waals surface area contributed by atoms with Crippen molar-refractivity contribution in [1.82, 2.24) is 13.7 Å². The van der Waals surface area contributed by atoms with E-state index >= 15 is 0 Å². The molecule has 0 saturated carbocycles. The van der Waals surface area contributed by atoms with Crippen molar-refractivity contribution in [3.05, 3.63) is 325 Å². The van der Waals surface area contributed by atoms with Crippen molar-refractivity contribution in [3.8, 4) is 56.5 Å². The molecule has 17 aromatic rings. The Labute approximate surface area is 619 Å². The van der Waals surface area contributed by atoms with Crippen LogP contribution in [-0.4, -0.2) is 20.4 Å². The topological polar surface area (TPSA) is 45.1 Å². The zero-order valence-electron chi connectivity index (χ0n) is 67.5. The first-order valence-corrected chi connectivity index (χ1v) is 35.8. The van der Waals surface area contributed by atoms with Crippen LogP contribution in [0.25, 0.3) is 116 Å². The smallest absolute Gasteiger partial charge is 0.252 e. The second-order valence-electron chi connectivity index (χ2n) is 31.0. The Morgan fingerprint density at radius 3 is 1.25 bits per heavy atom. The molecule has 19 rings (SSSR count). The Kier molecular flexibility index (Phi) is 12.2. The van der Waals surface area contributed by atoms with Gasteiger partial charge in [-0.3, -0.25) is 0 Å². The minimum atomic E-state index is -0.586. The molecule has 0 fully saturated rings. The summed E-state index contributed by atoms with van der Waals surface area (Å²) >= 11 is 0. The monoisotopic (exact) mass is 1340 g/mol. The molecule has 2 aliphatic heterocycles. The fourth-order valence-corrected chi connectivity index (χ4v) is 16.6. The molecule has 0 N–H and O–H groups in total. The van der Waals surface area contributed by atoms with Gasteiger partial charge in [-0.05, 0) is 163 Å². The van der Waals surface area contributed by atoms with Crippen molar-refractivity contribution < 1.29 is 11.0 Å². The molecule has 3 aromatic heterocycles. The zero-order chi connectivity index (χ0) is 77.6. The van der Waals surface area contributed by atoms with E-state index in [-0.39, 0.29) is 38.1 Å². The van der Waals surface area contributed by atoms with Crippen LogP contribution >= 0.6 is 0 Å². The van der Waals surface area contributed by atoms with Crippen molar-refractivity contribution in [2.24, 2.45) is 0 Å². The van der Waals surface area contributed by atoms with Crippen molar-refractivity contribution in [2.45, 2.75) is 78.6 Å². The molecule has 2 aliphatic rings. The highest BCUT2D eigenvalue weighted by molar-refractivity contribution is 7.00. The Morgan fingerprint density at radius 1 is 0.317 bits per heavy atom. The van der Waals surface area contributed by atoms with E-state index in [1.165, 1.54) is 11.1 Å². The van der Waals surface area contributed by atoms with Gasteiger partial charge in [-0.15, -0.1) is 0 Å². The summed E-state index contributed by atoms with van der Waals surface area (Å²) in [6.45, 7) is 19.7. The quantitative estimate of drug-likeness (QED) is 0.142. The number of anilines is 6. The van der Waals surface area contributed by atoms with Gasteiger partial charge in [0.2, 0.25) is 0 Å². The Balaban J connectivity index is 1.03. The summed E-state index contributed by atoms with van der Waals surface area (Å²) in [7, 11) is 0. The lowest BCUT2D eigenvalue weighted by Crippen LogP contribution is -2.61. The number of hydrogen-bond donors (Lipinski definition) is 0. The number of para-hydroxylation sites is 6. The number of nitriles is 1. The first-order chi connectivity index (χ1) is 53.8. The predicted octanol–water partition coefficient (Wildman–Crippen LogP) is 23.8. The second-order valence-corrected chi connectivity index (χ2v) is 31.0. The third-order valence-electron chi connectivity index (χ3n) is 21.7. The molecule has 7 heteroatoms. The molecule has 0 radical (unpaired) electrons. The molecule has 0 unspecified atom stereocenters. The molecular weight excluding hydrogens is 1260 g/mol. The first kappa shape index (κ1) is 54.4. The molecule has 0 atom stereocenters. The second kappa shape index (κ2) is 23.3. The van der Waals surface area contributed by atoms with Gasteiger partial charge in [0.15, 0.2) is 0 Å². The maximum Gasteiger partial charge on any atom is 0.252 e. The summed E-state index contributed by atoms with van der Waals surface area (Å²) < 4.78 is 82.1. The van der Waals surface area contributed by atoms with E-state index < -0.39 is 55.1 Å². The molecule has 0 amide bonds. The minimum absolute atomic E-state index is 0.0115. The Bertz CT molecular complexity index is 6690. The molecular formula is C97H77BN6. The van der Waals surface area contributed by atoms with E-state index in [0.29, 0.717) is 22.6 Å². The number of nitrogens with zero attached hydrogens (tertiary/aromatic N) is 6. The molecule has 0 spiro atoms. The van der Waals surface area contributed by atoms with Crippen LogP contribution in [0.2, 0.25) is 0 Å². The maximum absolute atomic E-state index is 12.6. The SMILES string of the molecule is [2H]c1c([2H])c([2H])c2c(c1[2H])c1c([2H])c([2H])c([2H])c([2H])c1n2-c1ccc2c(c1)N(c1c(-c3ccccc3)cc(C(C)(C)C)cc1-c1ccccc1)c1cc(-n3c4ccccc4c4ccccc43)cc3c1B2c1ccc(-c2cc(C(C)(C)C)cc(C(C)(C)C)c2)cc1N3c1cccc(-n2c3ccccc3c3ccccc32)c1C#N. The number of fused-ring (bicyclic) bond motifs is 13. The summed E-state index contributed by atoms with van der Waals surface area (Å²) in [6.07, 6.45) is 0. The number of benzene rings is 14. The van der Waals surface area contributed by atoms with Gasteiger partial charge in [0, 0.05) is 71.9 Å². The zero-order valence-corrected chi connectivity index (χ0v) is 59.5. The van der Waals surface area contributed by atoms with Gasteiger partial charge in [0.1, 0.15) is 11.6 Å². The Hall–Kier alpha value is -12.4. The molecule has 6 nitrogen and oxygen atoms in total. The van der Waals surface area contributed by atoms with Gasteiger partial charge in [-0.25, -0.2) is 0 Å². The van der Waals surface area contributed by atoms with Gasteiger partial charge in [0.05, 0.1) is 66.8 Å². The highest BCUT2D eigenvalue weighted by Crippen LogP contribution is 2.54.